The van der Waals surface area contributed by atoms with E-state index >= 15 is 0 Å². The molecule has 0 aromatic heterocycles. The highest BCUT2D eigenvalue weighted by atomic mass is 16.7. The molecule has 0 aliphatic carbocycles. The first-order valence-electron chi connectivity index (χ1n) is 9.25. The number of phenolic OH excluding ortho intramolecular Hbond substituents is 1. The van der Waals surface area contributed by atoms with Gasteiger partial charge in [-0.1, -0.05) is 12.2 Å². The number of rotatable bonds is 4. The van der Waals surface area contributed by atoms with Crippen LogP contribution in [0.25, 0.3) is 6.08 Å². The van der Waals surface area contributed by atoms with E-state index in [1.807, 2.05) is 0 Å². The van der Waals surface area contributed by atoms with Gasteiger partial charge in [-0.25, -0.2) is 4.79 Å². The molecule has 3 N–H and O–H groups in total. The van der Waals surface area contributed by atoms with Gasteiger partial charge in [0.25, 0.3) is 0 Å². The van der Waals surface area contributed by atoms with E-state index in [1.165, 1.54) is 44.6 Å². The monoisotopic (exact) mass is 422 g/mol. The highest BCUT2D eigenvalue weighted by Gasteiger charge is 2.27. The molecule has 1 aliphatic heterocycles. The Morgan fingerprint density at radius 3 is 2.57 bits per heavy atom. The van der Waals surface area contributed by atoms with E-state index in [4.69, 9.17) is 18.9 Å². The summed E-state index contributed by atoms with van der Waals surface area (Å²) in [6, 6.07) is 2.79. The van der Waals surface area contributed by atoms with Gasteiger partial charge in [-0.05, 0) is 37.1 Å². The summed E-state index contributed by atoms with van der Waals surface area (Å²) in [5.41, 5.74) is 0.176. The molecule has 164 valence electrons. The maximum absolute atomic E-state index is 12.8. The van der Waals surface area contributed by atoms with Gasteiger partial charge in [0, 0.05) is 13.2 Å². The van der Waals surface area contributed by atoms with Crippen molar-refractivity contribution < 1.29 is 43.9 Å². The van der Waals surface area contributed by atoms with Crippen molar-refractivity contribution in [3.8, 4) is 11.5 Å². The lowest BCUT2D eigenvalue weighted by Gasteiger charge is -2.23. The molecule has 1 heterocycles. The maximum Gasteiger partial charge on any atom is 0.342 e. The number of phenols is 1. The summed E-state index contributed by atoms with van der Waals surface area (Å²) >= 11 is 0. The van der Waals surface area contributed by atoms with Crippen LogP contribution in [0.3, 0.4) is 0 Å². The normalized spacial score (nSPS) is 27.5. The largest absolute Gasteiger partial charge is 0.507 e. The van der Waals surface area contributed by atoms with Crippen LogP contribution >= 0.6 is 0 Å². The number of methoxy groups -OCH3 is 2. The third kappa shape index (κ3) is 5.90. The smallest absolute Gasteiger partial charge is 0.342 e. The van der Waals surface area contributed by atoms with Crippen LogP contribution < -0.4 is 4.74 Å². The number of ether oxygens (including phenoxy) is 4. The number of carbonyl (C=O) groups excluding carboxylic acids is 2. The number of ketones is 1. The quantitative estimate of drug-likeness (QED) is 0.484. The van der Waals surface area contributed by atoms with Gasteiger partial charge in [0.2, 0.25) is 0 Å². The van der Waals surface area contributed by atoms with Crippen molar-refractivity contribution in [1.82, 2.24) is 0 Å². The van der Waals surface area contributed by atoms with Gasteiger partial charge >= 0.3 is 5.97 Å². The molecule has 0 saturated carbocycles. The SMILES string of the molecule is COCOC1/C=C\C(=O)[C@@H](O)[C@@H](O)C/C=C/c2cc(OC)cc(O)c2C(=O)O[C@H]1C. The van der Waals surface area contributed by atoms with Crippen LogP contribution in [0.4, 0.5) is 0 Å². The first-order chi connectivity index (χ1) is 14.3. The Kier molecular flexibility index (Phi) is 8.55. The molecule has 1 unspecified atom stereocenters. The molecule has 1 aromatic rings. The second-order valence-corrected chi connectivity index (χ2v) is 6.67. The van der Waals surface area contributed by atoms with Gasteiger partial charge in [0.1, 0.15) is 42.2 Å². The number of fused-ring (bicyclic) bond motifs is 1. The van der Waals surface area contributed by atoms with Gasteiger partial charge < -0.3 is 34.3 Å². The predicted octanol–water partition coefficient (Wildman–Crippen LogP) is 1.20. The third-order valence-corrected chi connectivity index (χ3v) is 4.48. The lowest BCUT2D eigenvalue weighted by molar-refractivity contribution is -0.127. The summed E-state index contributed by atoms with van der Waals surface area (Å²) < 4.78 is 20.9. The van der Waals surface area contributed by atoms with Crippen molar-refractivity contribution >= 4 is 17.8 Å². The topological polar surface area (TPSA) is 132 Å². The predicted molar refractivity (Wildman–Crippen MR) is 106 cm³/mol. The van der Waals surface area contributed by atoms with Crippen LogP contribution in [0.1, 0.15) is 29.3 Å². The van der Waals surface area contributed by atoms with E-state index < -0.39 is 36.2 Å². The van der Waals surface area contributed by atoms with Crippen molar-refractivity contribution in [2.24, 2.45) is 0 Å². The molecule has 4 atom stereocenters. The van der Waals surface area contributed by atoms with E-state index in [1.54, 1.807) is 6.92 Å². The van der Waals surface area contributed by atoms with Crippen LogP contribution in [-0.4, -0.2) is 72.5 Å². The number of aromatic hydroxyl groups is 1. The zero-order valence-electron chi connectivity index (χ0n) is 17.0. The average molecular weight is 422 g/mol. The number of cyclic esters (lactones) is 1. The molecule has 0 bridgehead atoms. The Hall–Kier alpha value is -2.72. The van der Waals surface area contributed by atoms with Gasteiger partial charge in [-0.15, -0.1) is 0 Å². The molecule has 1 aliphatic rings. The van der Waals surface area contributed by atoms with Gasteiger partial charge in [0.15, 0.2) is 5.78 Å². The number of hydrogen-bond acceptors (Lipinski definition) is 9. The van der Waals surface area contributed by atoms with E-state index in [9.17, 15) is 24.9 Å². The second kappa shape index (κ2) is 10.9. The highest BCUT2D eigenvalue weighted by molar-refractivity contribution is 5.97. The summed E-state index contributed by atoms with van der Waals surface area (Å²) in [4.78, 5) is 24.9. The fourth-order valence-electron chi connectivity index (χ4n) is 2.82. The molecule has 0 radical (unpaired) electrons. The Balaban J connectivity index is 2.49. The molecule has 1 aromatic carbocycles. The van der Waals surface area contributed by atoms with Crippen molar-refractivity contribution in [3.05, 3.63) is 41.5 Å². The molecular weight excluding hydrogens is 396 g/mol. The molecule has 30 heavy (non-hydrogen) atoms. The maximum atomic E-state index is 12.8. The molecule has 0 saturated heterocycles. The molecule has 0 amide bonds. The summed E-state index contributed by atoms with van der Waals surface area (Å²) in [6.45, 7) is 1.40. The van der Waals surface area contributed by atoms with Crippen LogP contribution in [0, 0.1) is 0 Å². The highest BCUT2D eigenvalue weighted by Crippen LogP contribution is 2.30. The Morgan fingerprint density at radius 1 is 1.17 bits per heavy atom. The van der Waals surface area contributed by atoms with Crippen LogP contribution in [0.5, 0.6) is 11.5 Å². The van der Waals surface area contributed by atoms with Crippen molar-refractivity contribution in [2.75, 3.05) is 21.0 Å². The summed E-state index contributed by atoms with van der Waals surface area (Å²) in [5.74, 6) is -1.58. The molecular formula is C21H26O9. The number of aliphatic hydroxyl groups excluding tert-OH is 2. The molecule has 9 nitrogen and oxygen atoms in total. The van der Waals surface area contributed by atoms with Crippen molar-refractivity contribution in [2.45, 2.75) is 37.8 Å². The number of carbonyl (C=O) groups is 2. The minimum atomic E-state index is -1.65. The molecule has 9 heteroatoms. The van der Waals surface area contributed by atoms with E-state index in [0.717, 1.165) is 6.08 Å². The summed E-state index contributed by atoms with van der Waals surface area (Å²) in [5, 5.41) is 30.5. The average Bonchev–Trinajstić information content (AvgIpc) is 2.71. The van der Waals surface area contributed by atoms with Gasteiger partial charge in [0.05, 0.1) is 13.2 Å². The minimum Gasteiger partial charge on any atom is -0.507 e. The Bertz CT molecular complexity index is 815. The van der Waals surface area contributed by atoms with Crippen molar-refractivity contribution in [3.63, 3.8) is 0 Å². The molecule has 2 rings (SSSR count). The standard InChI is InChI=1S/C21H26O9/c1-12-18(29-11-27-2)8-7-16(23)20(25)15(22)6-4-5-13-9-14(28-3)10-17(24)19(13)21(26)30-12/h4-5,7-10,12,15,18,20,22,24-25H,6,11H2,1-3H3/b5-4+,8-7-/t12-,15-,18?,20-/m0/s1. The molecule has 0 fully saturated rings. The number of benzene rings is 1. The number of esters is 1. The van der Waals surface area contributed by atoms with Gasteiger partial charge in [-0.3, -0.25) is 4.79 Å². The zero-order chi connectivity index (χ0) is 22.3. The summed E-state index contributed by atoms with van der Waals surface area (Å²) in [6.07, 6.45) is 0.451. The minimum absolute atomic E-state index is 0.0762. The fraction of sp³-hybridized carbons (Fsp3) is 0.429. The summed E-state index contributed by atoms with van der Waals surface area (Å²) in [7, 11) is 2.81. The fourth-order valence-corrected chi connectivity index (χ4v) is 2.82. The van der Waals surface area contributed by atoms with Gasteiger partial charge in [-0.2, -0.15) is 0 Å². The number of aliphatic hydroxyl groups is 2. The number of hydrogen-bond donors (Lipinski definition) is 3. The van der Waals surface area contributed by atoms with E-state index in [-0.39, 0.29) is 30.1 Å². The first-order valence-corrected chi connectivity index (χ1v) is 9.25. The van der Waals surface area contributed by atoms with E-state index in [0.29, 0.717) is 5.75 Å². The Morgan fingerprint density at radius 2 is 1.90 bits per heavy atom. The van der Waals surface area contributed by atoms with E-state index in [2.05, 4.69) is 0 Å². The van der Waals surface area contributed by atoms with Crippen molar-refractivity contribution in [1.29, 1.82) is 0 Å². The lowest BCUT2D eigenvalue weighted by atomic mass is 10.0. The third-order valence-electron chi connectivity index (χ3n) is 4.48. The first kappa shape index (κ1) is 23.6. The van der Waals surface area contributed by atoms with Crippen LogP contribution in [-0.2, 0) is 19.0 Å². The van der Waals surface area contributed by atoms with Crippen LogP contribution in [0.15, 0.2) is 30.4 Å². The second-order valence-electron chi connectivity index (χ2n) is 6.67. The van der Waals surface area contributed by atoms with Crippen LogP contribution in [0.2, 0.25) is 0 Å². The lowest BCUT2D eigenvalue weighted by Crippen LogP contribution is -2.34. The Labute approximate surface area is 174 Å². The zero-order valence-corrected chi connectivity index (χ0v) is 17.0. The molecule has 0 spiro atoms.